The van der Waals surface area contributed by atoms with Crippen LogP contribution in [0.1, 0.15) is 36.0 Å². The van der Waals surface area contributed by atoms with Gasteiger partial charge in [0.2, 0.25) is 5.91 Å². The lowest BCUT2D eigenvalue weighted by atomic mass is 9.98. The van der Waals surface area contributed by atoms with Crippen molar-refractivity contribution < 1.29 is 19.8 Å². The summed E-state index contributed by atoms with van der Waals surface area (Å²) in [6.45, 7) is 0.949. The molecule has 0 atom stereocenters. The molecule has 0 aliphatic carbocycles. The summed E-state index contributed by atoms with van der Waals surface area (Å²) in [5.41, 5.74) is 4.23. The van der Waals surface area contributed by atoms with Crippen LogP contribution >= 0.6 is 11.6 Å². The van der Waals surface area contributed by atoms with Gasteiger partial charge in [0, 0.05) is 35.1 Å². The Labute approximate surface area is 238 Å². The van der Waals surface area contributed by atoms with E-state index in [1.54, 1.807) is 42.3 Å². The minimum atomic E-state index is -0.938. The van der Waals surface area contributed by atoms with Crippen LogP contribution in [0.4, 0.5) is 11.4 Å². The van der Waals surface area contributed by atoms with E-state index in [9.17, 15) is 19.8 Å². The Morgan fingerprint density at radius 1 is 0.975 bits per heavy atom. The number of halogens is 1. The molecule has 208 valence electrons. The minimum absolute atomic E-state index is 0.0494. The highest BCUT2D eigenvalue weighted by molar-refractivity contribution is 6.31. The molecule has 0 radical (unpaired) electrons. The zero-order chi connectivity index (χ0) is 28.8. The maximum atomic E-state index is 12.7. The number of H-pyrrole nitrogens is 1. The topological polar surface area (TPSA) is 109 Å². The number of aromatic hydroxyl groups is 1. The molecule has 0 aliphatic heterocycles. The van der Waals surface area contributed by atoms with Crippen molar-refractivity contribution in [3.05, 3.63) is 88.4 Å². The number of nitrogens with one attached hydrogen (secondary N) is 1. The van der Waals surface area contributed by atoms with Gasteiger partial charge in [-0.2, -0.15) is 0 Å². The number of carboxylic acid groups (broad SMARTS) is 1. The Kier molecular flexibility index (Phi) is 9.24. The fraction of sp³-hybridized carbons (Fsp3) is 0.258. The van der Waals surface area contributed by atoms with E-state index in [0.717, 1.165) is 30.5 Å². The lowest BCUT2D eigenvalue weighted by molar-refractivity contribution is -0.136. The number of carbonyl (C=O) groups is 2. The van der Waals surface area contributed by atoms with Gasteiger partial charge in [0.15, 0.2) is 5.88 Å². The van der Waals surface area contributed by atoms with Gasteiger partial charge in [-0.15, -0.1) is 0 Å². The lowest BCUT2D eigenvalue weighted by Crippen LogP contribution is -2.26. The molecule has 0 aliphatic rings. The summed E-state index contributed by atoms with van der Waals surface area (Å²) in [4.78, 5) is 35.6. The molecule has 0 bridgehead atoms. The molecule has 40 heavy (non-hydrogen) atoms. The first-order chi connectivity index (χ1) is 19.1. The minimum Gasteiger partial charge on any atom is -0.494 e. The van der Waals surface area contributed by atoms with E-state index >= 15 is 0 Å². The first-order valence-corrected chi connectivity index (χ1v) is 13.4. The summed E-state index contributed by atoms with van der Waals surface area (Å²) in [5, 5.41) is 21.5. The molecule has 0 spiro atoms. The van der Waals surface area contributed by atoms with Crippen molar-refractivity contribution in [1.29, 1.82) is 0 Å². The molecule has 0 saturated carbocycles. The summed E-state index contributed by atoms with van der Waals surface area (Å²) in [6.07, 6.45) is 2.13. The fourth-order valence-electron chi connectivity index (χ4n) is 4.56. The van der Waals surface area contributed by atoms with Gasteiger partial charge < -0.3 is 25.0 Å². The number of aliphatic imine (C=N–C) groups is 1. The van der Waals surface area contributed by atoms with Crippen LogP contribution in [-0.4, -0.2) is 65.4 Å². The van der Waals surface area contributed by atoms with Crippen molar-refractivity contribution in [3.8, 4) is 5.88 Å². The summed E-state index contributed by atoms with van der Waals surface area (Å²) in [5.74, 6) is -0.962. The molecule has 9 heteroatoms. The molecule has 3 N–H and O–H groups in total. The monoisotopic (exact) mass is 560 g/mol. The average molecular weight is 561 g/mol. The van der Waals surface area contributed by atoms with Crippen molar-refractivity contribution in [2.45, 2.75) is 25.7 Å². The first-order valence-electron chi connectivity index (χ1n) is 13.0. The second-order valence-corrected chi connectivity index (χ2v) is 10.4. The number of hydrogen-bond donors (Lipinski definition) is 3. The number of amides is 1. The zero-order valence-electron chi connectivity index (χ0n) is 22.8. The van der Waals surface area contributed by atoms with E-state index in [-0.39, 0.29) is 18.2 Å². The fourth-order valence-corrected chi connectivity index (χ4v) is 4.73. The Morgan fingerprint density at radius 3 is 2.42 bits per heavy atom. The number of anilines is 1. The number of benzene rings is 3. The number of rotatable bonds is 11. The quantitative estimate of drug-likeness (QED) is 0.153. The molecule has 0 saturated heterocycles. The highest BCUT2D eigenvalue weighted by Crippen LogP contribution is 2.33. The zero-order valence-corrected chi connectivity index (χ0v) is 23.6. The van der Waals surface area contributed by atoms with Crippen LogP contribution in [0.2, 0.25) is 5.02 Å². The third-order valence-corrected chi connectivity index (χ3v) is 6.87. The van der Waals surface area contributed by atoms with Crippen molar-refractivity contribution in [1.82, 2.24) is 9.88 Å². The van der Waals surface area contributed by atoms with Crippen LogP contribution < -0.4 is 4.90 Å². The SMILES string of the molecule is CN(C)CCCCC(=O)N(C)c1ccc(N=C(c2cccc(CC(=O)O)c2)c2c(O)[nH]c3cc(Cl)ccc23)cc1. The van der Waals surface area contributed by atoms with E-state index < -0.39 is 5.97 Å². The molecule has 1 heterocycles. The number of carboxylic acids is 1. The summed E-state index contributed by atoms with van der Waals surface area (Å²) in [7, 11) is 5.80. The molecule has 8 nitrogen and oxygen atoms in total. The lowest BCUT2D eigenvalue weighted by Gasteiger charge is -2.18. The van der Waals surface area contributed by atoms with Gasteiger partial charge in [-0.05, 0) is 81.5 Å². The van der Waals surface area contributed by atoms with Gasteiger partial charge in [0.25, 0.3) is 0 Å². The van der Waals surface area contributed by atoms with E-state index in [2.05, 4.69) is 9.88 Å². The number of carbonyl (C=O) groups excluding carboxylic acids is 1. The number of hydrogen-bond acceptors (Lipinski definition) is 5. The number of aromatic amines is 1. The van der Waals surface area contributed by atoms with Gasteiger partial charge in [-0.3, -0.25) is 9.59 Å². The highest BCUT2D eigenvalue weighted by atomic mass is 35.5. The molecule has 1 amide bonds. The molecule has 0 unspecified atom stereocenters. The number of fused-ring (bicyclic) bond motifs is 1. The Balaban J connectivity index is 1.68. The molecular formula is C31H33ClN4O4. The summed E-state index contributed by atoms with van der Waals surface area (Å²) < 4.78 is 0. The first kappa shape index (κ1) is 28.9. The van der Waals surface area contributed by atoms with Gasteiger partial charge in [-0.25, -0.2) is 4.99 Å². The molecule has 3 aromatic carbocycles. The van der Waals surface area contributed by atoms with E-state index in [1.165, 1.54) is 0 Å². The largest absolute Gasteiger partial charge is 0.494 e. The molecule has 4 aromatic rings. The predicted molar refractivity (Wildman–Crippen MR) is 160 cm³/mol. The Bertz CT molecular complexity index is 1540. The summed E-state index contributed by atoms with van der Waals surface area (Å²) >= 11 is 6.17. The Morgan fingerprint density at radius 2 is 1.73 bits per heavy atom. The highest BCUT2D eigenvalue weighted by Gasteiger charge is 2.20. The van der Waals surface area contributed by atoms with Crippen LogP contribution in [0.25, 0.3) is 10.9 Å². The molecule has 0 fully saturated rings. The molecule has 1 aromatic heterocycles. The van der Waals surface area contributed by atoms with E-state index in [1.807, 2.05) is 50.5 Å². The van der Waals surface area contributed by atoms with Crippen LogP contribution in [0.15, 0.2) is 71.7 Å². The smallest absolute Gasteiger partial charge is 0.307 e. The second kappa shape index (κ2) is 12.8. The van der Waals surface area contributed by atoms with E-state index in [0.29, 0.717) is 45.0 Å². The number of aromatic nitrogens is 1. The van der Waals surface area contributed by atoms with Crippen molar-refractivity contribution >= 4 is 51.5 Å². The maximum absolute atomic E-state index is 12.7. The molecular weight excluding hydrogens is 528 g/mol. The standard InChI is InChI=1S/C31H33ClN4O4/c1-35(2)16-5-4-9-27(37)36(3)24-13-11-23(12-14-24)33-30(21-8-6-7-20(17-21)18-28(38)39)29-25-15-10-22(32)19-26(25)34-31(29)40/h6-8,10-15,17,19,34,40H,4-5,9,16,18H2,1-3H3,(H,38,39). The maximum Gasteiger partial charge on any atom is 0.307 e. The van der Waals surface area contributed by atoms with Crippen molar-refractivity contribution in [2.24, 2.45) is 4.99 Å². The van der Waals surface area contributed by atoms with Gasteiger partial charge in [0.1, 0.15) is 0 Å². The van der Waals surface area contributed by atoms with Gasteiger partial charge in [0.05, 0.1) is 28.9 Å². The third-order valence-electron chi connectivity index (χ3n) is 6.63. The van der Waals surface area contributed by atoms with E-state index in [4.69, 9.17) is 16.6 Å². The third kappa shape index (κ3) is 7.08. The van der Waals surface area contributed by atoms with Crippen molar-refractivity contribution in [3.63, 3.8) is 0 Å². The van der Waals surface area contributed by atoms with Crippen LogP contribution in [0.5, 0.6) is 5.88 Å². The van der Waals surface area contributed by atoms with Crippen LogP contribution in [0.3, 0.4) is 0 Å². The van der Waals surface area contributed by atoms with Crippen LogP contribution in [-0.2, 0) is 16.0 Å². The predicted octanol–water partition coefficient (Wildman–Crippen LogP) is 6.02. The van der Waals surface area contributed by atoms with Crippen LogP contribution in [0, 0.1) is 0 Å². The average Bonchev–Trinajstić information content (AvgIpc) is 3.23. The second-order valence-electron chi connectivity index (χ2n) is 10.00. The van der Waals surface area contributed by atoms with Crippen molar-refractivity contribution in [2.75, 3.05) is 32.6 Å². The summed E-state index contributed by atoms with van der Waals surface area (Å²) in [6, 6.07) is 19.7. The molecule has 4 rings (SSSR count). The van der Waals surface area contributed by atoms with Gasteiger partial charge in [-0.1, -0.05) is 35.9 Å². The number of unbranched alkanes of at least 4 members (excludes halogenated alkanes) is 1. The van der Waals surface area contributed by atoms with Gasteiger partial charge >= 0.3 is 5.97 Å². The normalized spacial score (nSPS) is 11.8. The Hall–Kier alpha value is -4.14. The number of nitrogens with zero attached hydrogens (tertiary/aromatic N) is 3. The number of aliphatic carboxylic acids is 1.